The molecular weight excluding hydrogens is 543 g/mol. The molecular formula is C40H51O2P. The summed E-state index contributed by atoms with van der Waals surface area (Å²) in [6, 6.07) is 28.5. The van der Waals surface area contributed by atoms with E-state index in [1.807, 2.05) is 0 Å². The van der Waals surface area contributed by atoms with Crippen LogP contribution in [0.2, 0.25) is 0 Å². The minimum Gasteiger partial charge on any atom is -0.449 e. The Morgan fingerprint density at radius 3 is 1.21 bits per heavy atom. The van der Waals surface area contributed by atoms with Crippen molar-refractivity contribution in [2.24, 2.45) is 0 Å². The maximum absolute atomic E-state index is 10.3. The summed E-state index contributed by atoms with van der Waals surface area (Å²) in [6.45, 7) is 27.6. The van der Waals surface area contributed by atoms with Gasteiger partial charge in [0.05, 0.1) is 0 Å². The molecule has 0 aliphatic rings. The predicted molar refractivity (Wildman–Crippen MR) is 189 cm³/mol. The Bertz CT molecular complexity index is 1520. The normalized spacial score (nSPS) is 13.1. The van der Waals surface area contributed by atoms with Crippen molar-refractivity contribution in [3.05, 3.63) is 101 Å². The van der Waals surface area contributed by atoms with Crippen LogP contribution >= 0.6 is 9.03 Å². The van der Waals surface area contributed by atoms with Crippen molar-refractivity contribution in [3.8, 4) is 39.1 Å². The van der Waals surface area contributed by atoms with Crippen molar-refractivity contribution in [1.82, 2.24) is 0 Å². The molecule has 1 N–H and O–H groups in total. The van der Waals surface area contributed by atoms with Crippen LogP contribution in [0.15, 0.2) is 78.9 Å². The number of rotatable bonds is 5. The van der Waals surface area contributed by atoms with Gasteiger partial charge in [-0.2, -0.15) is 0 Å². The van der Waals surface area contributed by atoms with Gasteiger partial charge in [0.25, 0.3) is 0 Å². The highest BCUT2D eigenvalue weighted by Gasteiger charge is 2.34. The maximum atomic E-state index is 10.3. The molecule has 0 fully saturated rings. The molecule has 0 aliphatic heterocycles. The average Bonchev–Trinajstić information content (AvgIpc) is 2.90. The quantitative estimate of drug-likeness (QED) is 0.233. The van der Waals surface area contributed by atoms with Crippen LogP contribution in [0.5, 0.6) is 5.75 Å². The maximum Gasteiger partial charge on any atom is 0.212 e. The van der Waals surface area contributed by atoms with E-state index in [4.69, 9.17) is 4.52 Å². The highest BCUT2D eigenvalue weighted by molar-refractivity contribution is 7.25. The monoisotopic (exact) mass is 594 g/mol. The Hall–Kier alpha value is -2.93. The minimum absolute atomic E-state index is 0.117. The average molecular weight is 595 g/mol. The molecule has 3 heteroatoms. The van der Waals surface area contributed by atoms with Gasteiger partial charge in [-0.25, -0.2) is 0 Å². The van der Waals surface area contributed by atoms with E-state index in [1.165, 1.54) is 38.9 Å². The van der Waals surface area contributed by atoms with Gasteiger partial charge in [-0.05, 0) is 72.2 Å². The largest absolute Gasteiger partial charge is 0.449 e. The van der Waals surface area contributed by atoms with Crippen LogP contribution in [0.3, 0.4) is 0 Å². The first-order chi connectivity index (χ1) is 19.9. The smallest absolute Gasteiger partial charge is 0.212 e. The lowest BCUT2D eigenvalue weighted by Crippen LogP contribution is -2.21. The standard InChI is InChI=1S/C40H51O2P/c1-37(2,3)28-20-16-21-29(38(4,5)6)34(28)33-27(26-18-14-13-15-19-26)24-25-32(42-43-41)36(33)35-30(39(7,8)9)22-17-23-31(35)40(10,11)12/h13-25,41,43H,1-12H3. The Balaban J connectivity index is 2.43. The first-order valence-electron chi connectivity index (χ1n) is 15.4. The molecule has 0 aromatic heterocycles. The van der Waals surface area contributed by atoms with E-state index in [0.717, 1.165) is 16.7 Å². The lowest BCUT2D eigenvalue weighted by atomic mass is 9.69. The van der Waals surface area contributed by atoms with E-state index in [1.54, 1.807) is 0 Å². The third-order valence-corrected chi connectivity index (χ3v) is 8.58. The second kappa shape index (κ2) is 11.9. The molecule has 1 unspecified atom stereocenters. The van der Waals surface area contributed by atoms with Crippen molar-refractivity contribution in [2.45, 2.75) is 105 Å². The zero-order valence-corrected chi connectivity index (χ0v) is 29.4. The summed E-state index contributed by atoms with van der Waals surface area (Å²) < 4.78 is 6.21. The van der Waals surface area contributed by atoms with Gasteiger partial charge in [-0.3, -0.25) is 0 Å². The Labute approximate surface area is 262 Å². The minimum atomic E-state index is -0.667. The summed E-state index contributed by atoms with van der Waals surface area (Å²) in [6.07, 6.45) is 0. The SMILES string of the molecule is CC(C)(C)c1cccc(C(C)(C)C)c1-c1c(OPO)ccc(-c2ccccc2)c1-c1c(C(C)(C)C)cccc1C(C)(C)C. The fourth-order valence-corrected chi connectivity index (χ4v) is 6.50. The molecule has 2 nitrogen and oxygen atoms in total. The van der Waals surface area contributed by atoms with E-state index >= 15 is 0 Å². The molecule has 228 valence electrons. The van der Waals surface area contributed by atoms with Crippen molar-refractivity contribution in [2.75, 3.05) is 0 Å². The molecule has 0 saturated heterocycles. The predicted octanol–water partition coefficient (Wildman–Crippen LogP) is 11.8. The second-order valence-electron chi connectivity index (χ2n) is 15.9. The van der Waals surface area contributed by atoms with Crippen molar-refractivity contribution in [1.29, 1.82) is 0 Å². The van der Waals surface area contributed by atoms with Crippen molar-refractivity contribution < 1.29 is 9.42 Å². The van der Waals surface area contributed by atoms with Crippen molar-refractivity contribution >= 4 is 9.03 Å². The molecule has 0 heterocycles. The lowest BCUT2D eigenvalue weighted by molar-refractivity contribution is 0.515. The van der Waals surface area contributed by atoms with E-state index in [-0.39, 0.29) is 21.7 Å². The van der Waals surface area contributed by atoms with Gasteiger partial charge in [0, 0.05) is 11.1 Å². The van der Waals surface area contributed by atoms with E-state index in [0.29, 0.717) is 5.75 Å². The van der Waals surface area contributed by atoms with Crippen LogP contribution in [-0.4, -0.2) is 4.89 Å². The molecule has 0 saturated carbocycles. The van der Waals surface area contributed by atoms with E-state index in [2.05, 4.69) is 162 Å². The van der Waals surface area contributed by atoms with Crippen LogP contribution in [0, 0.1) is 0 Å². The highest BCUT2D eigenvalue weighted by Crippen LogP contribution is 2.54. The van der Waals surface area contributed by atoms with Crippen molar-refractivity contribution in [3.63, 3.8) is 0 Å². The molecule has 0 aliphatic carbocycles. The summed E-state index contributed by atoms with van der Waals surface area (Å²) >= 11 is 0. The number of hydrogen-bond donors (Lipinski definition) is 1. The Morgan fingerprint density at radius 1 is 0.442 bits per heavy atom. The topological polar surface area (TPSA) is 29.5 Å². The first kappa shape index (κ1) is 33.0. The molecule has 0 bridgehead atoms. The summed E-state index contributed by atoms with van der Waals surface area (Å²) in [5, 5.41) is 0. The molecule has 1 atom stereocenters. The fraction of sp³-hybridized carbons (Fsp3) is 0.400. The molecule has 0 amide bonds. The van der Waals surface area contributed by atoms with Gasteiger partial charge in [0.15, 0.2) is 0 Å². The van der Waals surface area contributed by atoms with Crippen LogP contribution in [0.4, 0.5) is 0 Å². The van der Waals surface area contributed by atoms with Gasteiger partial charge < -0.3 is 9.42 Å². The molecule has 4 rings (SSSR count). The molecule has 43 heavy (non-hydrogen) atoms. The van der Waals surface area contributed by atoms with Gasteiger partial charge in [-0.15, -0.1) is 0 Å². The molecule has 4 aromatic rings. The summed E-state index contributed by atoms with van der Waals surface area (Å²) in [7, 11) is -0.667. The summed E-state index contributed by atoms with van der Waals surface area (Å²) in [5.41, 5.74) is 11.6. The third-order valence-electron chi connectivity index (χ3n) is 8.27. The number of benzene rings is 4. The number of hydrogen-bond acceptors (Lipinski definition) is 2. The van der Waals surface area contributed by atoms with Gasteiger partial charge in [-0.1, -0.05) is 156 Å². The van der Waals surface area contributed by atoms with Gasteiger partial charge in [0.1, 0.15) is 5.75 Å². The molecule has 0 radical (unpaired) electrons. The fourth-order valence-electron chi connectivity index (χ4n) is 6.23. The van der Waals surface area contributed by atoms with Gasteiger partial charge >= 0.3 is 0 Å². The Kier molecular flexibility index (Phi) is 9.10. The zero-order chi connectivity index (χ0) is 32.0. The summed E-state index contributed by atoms with van der Waals surface area (Å²) in [5.74, 6) is 0.710. The van der Waals surface area contributed by atoms with Crippen LogP contribution in [-0.2, 0) is 21.7 Å². The van der Waals surface area contributed by atoms with Crippen LogP contribution in [0.1, 0.15) is 105 Å². The Morgan fingerprint density at radius 2 is 0.837 bits per heavy atom. The van der Waals surface area contributed by atoms with Crippen LogP contribution in [0.25, 0.3) is 33.4 Å². The van der Waals surface area contributed by atoms with Crippen LogP contribution < -0.4 is 4.52 Å². The first-order valence-corrected chi connectivity index (χ1v) is 16.3. The zero-order valence-electron chi connectivity index (χ0n) is 28.4. The van der Waals surface area contributed by atoms with Gasteiger partial charge in [0.2, 0.25) is 9.03 Å². The van der Waals surface area contributed by atoms with E-state index in [9.17, 15) is 4.89 Å². The second-order valence-corrected chi connectivity index (χ2v) is 16.3. The summed E-state index contributed by atoms with van der Waals surface area (Å²) in [4.78, 5) is 10.3. The molecule has 0 spiro atoms. The molecule has 4 aromatic carbocycles. The highest BCUT2D eigenvalue weighted by atomic mass is 31.1. The lowest BCUT2D eigenvalue weighted by Gasteiger charge is -2.35. The van der Waals surface area contributed by atoms with E-state index < -0.39 is 9.03 Å². The third kappa shape index (κ3) is 6.77.